The molecule has 0 aliphatic carbocycles. The summed E-state index contributed by atoms with van der Waals surface area (Å²) in [5.74, 6) is -0.711. The maximum Gasteiger partial charge on any atom is 0.290 e. The van der Waals surface area contributed by atoms with Crippen molar-refractivity contribution in [1.82, 2.24) is 4.90 Å². The van der Waals surface area contributed by atoms with Crippen LogP contribution in [0.1, 0.15) is 55.3 Å². The van der Waals surface area contributed by atoms with Gasteiger partial charge in [-0.2, -0.15) is 0 Å². The van der Waals surface area contributed by atoms with Gasteiger partial charge in [0.05, 0.1) is 18.2 Å². The number of ether oxygens (including phenoxy) is 1. The Kier molecular flexibility index (Phi) is 8.93. The van der Waals surface area contributed by atoms with Gasteiger partial charge in [-0.3, -0.25) is 9.59 Å². The zero-order valence-corrected chi connectivity index (χ0v) is 21.2. The molecule has 1 aliphatic heterocycles. The van der Waals surface area contributed by atoms with Gasteiger partial charge in [-0.25, -0.2) is 0 Å². The molecule has 1 atom stereocenters. The van der Waals surface area contributed by atoms with Crippen LogP contribution in [0.15, 0.2) is 102 Å². The van der Waals surface area contributed by atoms with E-state index in [4.69, 9.17) is 4.74 Å². The molecule has 0 saturated heterocycles. The van der Waals surface area contributed by atoms with E-state index in [1.165, 1.54) is 18.9 Å². The number of nitrogens with zero attached hydrogens (tertiary/aromatic N) is 1. The number of carbonyl (C=O) groups excluding carboxylic acids is 2. The van der Waals surface area contributed by atoms with Crippen LogP contribution >= 0.6 is 0 Å². The molecule has 190 valence electrons. The number of aliphatic hydroxyl groups excluding tert-OH is 1. The summed E-state index contributed by atoms with van der Waals surface area (Å²) in [5, 5.41) is 10.9. The molecule has 3 aromatic carbocycles. The van der Waals surface area contributed by atoms with Crippen molar-refractivity contribution in [1.29, 1.82) is 0 Å². The number of rotatable bonds is 12. The second-order valence-electron chi connectivity index (χ2n) is 9.17. The van der Waals surface area contributed by atoms with Crippen molar-refractivity contribution in [2.45, 2.75) is 45.2 Å². The van der Waals surface area contributed by atoms with E-state index in [2.05, 4.69) is 6.92 Å². The molecule has 4 rings (SSSR count). The molecule has 1 amide bonds. The first-order chi connectivity index (χ1) is 18.1. The molecule has 0 saturated carbocycles. The zero-order chi connectivity index (χ0) is 26.0. The van der Waals surface area contributed by atoms with Gasteiger partial charge >= 0.3 is 0 Å². The van der Waals surface area contributed by atoms with Crippen LogP contribution in [-0.2, 0) is 16.1 Å². The van der Waals surface area contributed by atoms with E-state index in [-0.39, 0.29) is 12.1 Å². The van der Waals surface area contributed by atoms with Crippen LogP contribution in [0.2, 0.25) is 0 Å². The topological polar surface area (TPSA) is 66.8 Å². The lowest BCUT2D eigenvalue weighted by atomic mass is 9.95. The van der Waals surface area contributed by atoms with Gasteiger partial charge in [-0.1, -0.05) is 105 Å². The van der Waals surface area contributed by atoms with Crippen molar-refractivity contribution in [3.8, 4) is 5.75 Å². The normalized spacial score (nSPS) is 15.5. The highest BCUT2D eigenvalue weighted by atomic mass is 16.5. The maximum absolute atomic E-state index is 13.3. The Morgan fingerprint density at radius 2 is 1.59 bits per heavy atom. The summed E-state index contributed by atoms with van der Waals surface area (Å²) in [6.07, 6.45) is 7.62. The third-order valence-corrected chi connectivity index (χ3v) is 6.45. The molecule has 5 heteroatoms. The number of hydrogen-bond donors (Lipinski definition) is 1. The van der Waals surface area contributed by atoms with E-state index in [1.54, 1.807) is 11.0 Å². The summed E-state index contributed by atoms with van der Waals surface area (Å²) < 4.78 is 5.88. The minimum absolute atomic E-state index is 0.0846. The number of benzene rings is 3. The number of allylic oxidation sites excluding steroid dienone is 1. The van der Waals surface area contributed by atoms with Crippen LogP contribution in [0.5, 0.6) is 5.75 Å². The van der Waals surface area contributed by atoms with Gasteiger partial charge in [0.1, 0.15) is 5.75 Å². The molecule has 1 N–H and O–H groups in total. The van der Waals surface area contributed by atoms with E-state index in [0.29, 0.717) is 6.61 Å². The van der Waals surface area contributed by atoms with Crippen molar-refractivity contribution in [2.75, 3.05) is 6.61 Å². The number of aliphatic hydroxyl groups is 1. The predicted octanol–water partition coefficient (Wildman–Crippen LogP) is 6.82. The summed E-state index contributed by atoms with van der Waals surface area (Å²) in [6, 6.07) is 25.7. The molecular weight excluding hydrogens is 462 g/mol. The molecule has 37 heavy (non-hydrogen) atoms. The van der Waals surface area contributed by atoms with Crippen LogP contribution in [0.4, 0.5) is 0 Å². The van der Waals surface area contributed by atoms with E-state index >= 15 is 0 Å². The fraction of sp³-hybridized carbons (Fsp3) is 0.250. The molecule has 0 fully saturated rings. The number of ketones is 1. The second-order valence-corrected chi connectivity index (χ2v) is 9.17. The molecule has 3 aromatic rings. The zero-order valence-electron chi connectivity index (χ0n) is 21.2. The largest absolute Gasteiger partial charge is 0.503 e. The highest BCUT2D eigenvalue weighted by Gasteiger charge is 2.42. The van der Waals surface area contributed by atoms with Crippen LogP contribution in [0.25, 0.3) is 6.08 Å². The Morgan fingerprint density at radius 3 is 2.27 bits per heavy atom. The van der Waals surface area contributed by atoms with Crippen molar-refractivity contribution in [3.05, 3.63) is 119 Å². The van der Waals surface area contributed by atoms with Crippen molar-refractivity contribution >= 4 is 17.8 Å². The second kappa shape index (κ2) is 12.7. The third-order valence-electron chi connectivity index (χ3n) is 6.45. The van der Waals surface area contributed by atoms with Crippen LogP contribution < -0.4 is 4.74 Å². The SMILES string of the molecule is CCCCCCOc1ccc(C2C(C(=O)/C=C/c3ccccc3)=C(O)C(=O)N2Cc2ccccc2)cc1. The molecule has 1 unspecified atom stereocenters. The van der Waals surface area contributed by atoms with Gasteiger partial charge in [0, 0.05) is 6.54 Å². The van der Waals surface area contributed by atoms with E-state index < -0.39 is 23.5 Å². The van der Waals surface area contributed by atoms with Gasteiger partial charge in [-0.15, -0.1) is 0 Å². The minimum Gasteiger partial charge on any atom is -0.503 e. The van der Waals surface area contributed by atoms with Crippen molar-refractivity contribution in [3.63, 3.8) is 0 Å². The summed E-state index contributed by atoms with van der Waals surface area (Å²) in [7, 11) is 0. The summed E-state index contributed by atoms with van der Waals surface area (Å²) in [5.41, 5.74) is 2.59. The standard InChI is InChI=1S/C32H33NO4/c1-2-3-4-11-22-37-27-19-17-26(18-20-27)30-29(28(34)21-16-24-12-7-5-8-13-24)31(35)32(36)33(30)23-25-14-9-6-10-15-25/h5-10,12-21,30,35H,2-4,11,22-23H2,1H3/b21-16+. The Bertz CT molecular complexity index is 1250. The van der Waals surface area contributed by atoms with Crippen molar-refractivity contribution < 1.29 is 19.4 Å². The maximum atomic E-state index is 13.3. The summed E-state index contributed by atoms with van der Waals surface area (Å²) in [4.78, 5) is 28.1. The monoisotopic (exact) mass is 495 g/mol. The molecule has 0 radical (unpaired) electrons. The molecule has 0 aromatic heterocycles. The first-order valence-corrected chi connectivity index (χ1v) is 12.9. The number of carbonyl (C=O) groups is 2. The number of amides is 1. The smallest absolute Gasteiger partial charge is 0.290 e. The predicted molar refractivity (Wildman–Crippen MR) is 146 cm³/mol. The Hall–Kier alpha value is -4.12. The van der Waals surface area contributed by atoms with E-state index in [0.717, 1.165) is 35.3 Å². The Labute approximate surface area is 218 Å². The average molecular weight is 496 g/mol. The molecule has 5 nitrogen and oxygen atoms in total. The van der Waals surface area contributed by atoms with Crippen LogP contribution in [0, 0.1) is 0 Å². The van der Waals surface area contributed by atoms with E-state index in [9.17, 15) is 14.7 Å². The number of unbranched alkanes of at least 4 members (excludes halogenated alkanes) is 3. The van der Waals surface area contributed by atoms with Gasteiger partial charge in [0.25, 0.3) is 5.91 Å². The molecule has 1 aliphatic rings. The van der Waals surface area contributed by atoms with Crippen LogP contribution in [-0.4, -0.2) is 28.3 Å². The first kappa shape index (κ1) is 26.0. The quantitative estimate of drug-likeness (QED) is 0.221. The Balaban J connectivity index is 1.60. The van der Waals surface area contributed by atoms with E-state index in [1.807, 2.05) is 84.9 Å². The van der Waals surface area contributed by atoms with Gasteiger partial charge in [0.15, 0.2) is 11.5 Å². The lowest BCUT2D eigenvalue weighted by Gasteiger charge is -2.27. The fourth-order valence-corrected chi connectivity index (χ4v) is 4.49. The summed E-state index contributed by atoms with van der Waals surface area (Å²) >= 11 is 0. The fourth-order valence-electron chi connectivity index (χ4n) is 4.49. The Morgan fingerprint density at radius 1 is 0.919 bits per heavy atom. The van der Waals surface area contributed by atoms with Crippen molar-refractivity contribution in [2.24, 2.45) is 0 Å². The lowest BCUT2D eigenvalue weighted by Crippen LogP contribution is -2.30. The average Bonchev–Trinajstić information content (AvgIpc) is 3.18. The minimum atomic E-state index is -0.709. The molecule has 0 spiro atoms. The van der Waals surface area contributed by atoms with Crippen LogP contribution in [0.3, 0.4) is 0 Å². The molecule has 0 bridgehead atoms. The molecular formula is C32H33NO4. The van der Waals surface area contributed by atoms with Gasteiger partial charge in [0.2, 0.25) is 0 Å². The molecule has 1 heterocycles. The lowest BCUT2D eigenvalue weighted by molar-refractivity contribution is -0.130. The highest BCUT2D eigenvalue weighted by Crippen LogP contribution is 2.39. The van der Waals surface area contributed by atoms with Gasteiger partial charge < -0.3 is 14.7 Å². The number of hydrogen-bond acceptors (Lipinski definition) is 4. The first-order valence-electron chi connectivity index (χ1n) is 12.9. The van der Waals surface area contributed by atoms with Gasteiger partial charge in [-0.05, 0) is 41.3 Å². The third kappa shape index (κ3) is 6.56. The summed E-state index contributed by atoms with van der Waals surface area (Å²) in [6.45, 7) is 3.09. The highest BCUT2D eigenvalue weighted by molar-refractivity contribution is 6.14.